The van der Waals surface area contributed by atoms with Gasteiger partial charge in [0.05, 0.1) is 19.9 Å². The minimum atomic E-state index is -2.67. The lowest BCUT2D eigenvalue weighted by Gasteiger charge is -2.06. The van der Waals surface area contributed by atoms with E-state index < -0.39 is 18.7 Å². The van der Waals surface area contributed by atoms with Gasteiger partial charge in [-0.15, -0.1) is 0 Å². The van der Waals surface area contributed by atoms with Gasteiger partial charge in [0.1, 0.15) is 11.4 Å². The summed E-state index contributed by atoms with van der Waals surface area (Å²) in [7, 11) is 1.40. The van der Waals surface area contributed by atoms with Gasteiger partial charge in [-0.1, -0.05) is 0 Å². The fourth-order valence-electron chi connectivity index (χ4n) is 0.934. The summed E-state index contributed by atoms with van der Waals surface area (Å²) in [5, 5.41) is 8.76. The maximum absolute atomic E-state index is 12.2. The zero-order valence-corrected chi connectivity index (χ0v) is 7.00. The molecule has 1 N–H and O–H groups in total. The van der Waals surface area contributed by atoms with Crippen molar-refractivity contribution in [2.45, 2.75) is 13.0 Å². The van der Waals surface area contributed by atoms with E-state index >= 15 is 0 Å². The maximum atomic E-state index is 12.2. The van der Waals surface area contributed by atoms with Gasteiger partial charge in [0.2, 0.25) is 0 Å². The molecule has 0 aromatic carbocycles. The summed E-state index contributed by atoms with van der Waals surface area (Å²) in [5.74, 6) is 0.355. The molecule has 72 valence electrons. The van der Waals surface area contributed by atoms with Crippen molar-refractivity contribution in [2.75, 3.05) is 7.11 Å². The molecular formula is C8H9F2NO2. The third-order valence-electron chi connectivity index (χ3n) is 1.59. The molecule has 1 rings (SSSR count). The molecule has 1 aromatic heterocycles. The highest BCUT2D eigenvalue weighted by Gasteiger charge is 2.14. The molecule has 0 bridgehead atoms. The van der Waals surface area contributed by atoms with Crippen molar-refractivity contribution in [1.82, 2.24) is 4.98 Å². The largest absolute Gasteiger partial charge is 0.495 e. The summed E-state index contributed by atoms with van der Waals surface area (Å²) < 4.78 is 29.2. The summed E-state index contributed by atoms with van der Waals surface area (Å²) >= 11 is 0. The molecule has 1 heterocycles. The molecule has 0 spiro atoms. The van der Waals surface area contributed by atoms with Gasteiger partial charge in [-0.3, -0.25) is 4.98 Å². The van der Waals surface area contributed by atoms with Gasteiger partial charge in [0.25, 0.3) is 6.43 Å². The van der Waals surface area contributed by atoms with E-state index in [-0.39, 0.29) is 5.56 Å². The molecular weight excluding hydrogens is 180 g/mol. The predicted octanol–water partition coefficient (Wildman–Crippen LogP) is 1.52. The van der Waals surface area contributed by atoms with E-state index in [1.165, 1.54) is 19.4 Å². The van der Waals surface area contributed by atoms with Crippen LogP contribution in [0.25, 0.3) is 0 Å². The minimum absolute atomic E-state index is 0.0920. The summed E-state index contributed by atoms with van der Waals surface area (Å²) in [6.07, 6.45) is -1.48. The smallest absolute Gasteiger partial charge is 0.280 e. The van der Waals surface area contributed by atoms with E-state index in [1.54, 1.807) is 0 Å². The van der Waals surface area contributed by atoms with Gasteiger partial charge in [0.15, 0.2) is 0 Å². The van der Waals surface area contributed by atoms with Crippen molar-refractivity contribution >= 4 is 0 Å². The molecule has 0 atom stereocenters. The van der Waals surface area contributed by atoms with Crippen LogP contribution in [0.5, 0.6) is 5.75 Å². The number of alkyl halides is 2. The van der Waals surface area contributed by atoms with Crippen LogP contribution in [0.4, 0.5) is 8.78 Å². The first-order chi connectivity index (χ1) is 6.19. The van der Waals surface area contributed by atoms with Gasteiger partial charge in [-0.2, -0.15) is 0 Å². The molecule has 5 heteroatoms. The highest BCUT2D eigenvalue weighted by atomic mass is 19.3. The SMILES string of the molecule is COc1cnc(C(F)F)c(CO)c1. The quantitative estimate of drug-likeness (QED) is 0.783. The Morgan fingerprint density at radius 2 is 2.31 bits per heavy atom. The normalized spacial score (nSPS) is 10.5. The molecule has 0 radical (unpaired) electrons. The van der Waals surface area contributed by atoms with Crippen LogP contribution >= 0.6 is 0 Å². The second kappa shape index (κ2) is 4.13. The van der Waals surface area contributed by atoms with Crippen molar-refractivity contribution in [1.29, 1.82) is 0 Å². The number of halogens is 2. The molecule has 1 aromatic rings. The zero-order chi connectivity index (χ0) is 9.84. The first-order valence-corrected chi connectivity index (χ1v) is 3.61. The zero-order valence-electron chi connectivity index (χ0n) is 7.00. The molecule has 3 nitrogen and oxygen atoms in total. The molecule has 0 saturated heterocycles. The highest BCUT2D eigenvalue weighted by Crippen LogP contribution is 2.23. The number of hydrogen-bond donors (Lipinski definition) is 1. The number of aliphatic hydroxyl groups excluding tert-OH is 1. The summed E-state index contributed by atoms with van der Waals surface area (Å²) in [6.45, 7) is -0.468. The van der Waals surface area contributed by atoms with Gasteiger partial charge in [-0.25, -0.2) is 8.78 Å². The molecule has 13 heavy (non-hydrogen) atoms. The lowest BCUT2D eigenvalue weighted by atomic mass is 10.2. The van der Waals surface area contributed by atoms with Gasteiger partial charge in [-0.05, 0) is 6.07 Å². The van der Waals surface area contributed by atoms with Gasteiger partial charge < -0.3 is 9.84 Å². The van der Waals surface area contributed by atoms with Crippen molar-refractivity contribution in [3.05, 3.63) is 23.5 Å². The van der Waals surface area contributed by atoms with E-state index in [0.717, 1.165) is 0 Å². The third kappa shape index (κ3) is 2.12. The molecule has 0 aliphatic carbocycles. The Labute approximate surface area is 74.0 Å². The number of aliphatic hydroxyl groups is 1. The Morgan fingerprint density at radius 3 is 2.77 bits per heavy atom. The maximum Gasteiger partial charge on any atom is 0.280 e. The van der Waals surface area contributed by atoms with E-state index in [0.29, 0.717) is 5.75 Å². The van der Waals surface area contributed by atoms with E-state index in [9.17, 15) is 8.78 Å². The average molecular weight is 189 g/mol. The summed E-state index contributed by atoms with van der Waals surface area (Å²) in [5.41, 5.74) is -0.308. The first-order valence-electron chi connectivity index (χ1n) is 3.61. The fourth-order valence-corrected chi connectivity index (χ4v) is 0.934. The average Bonchev–Trinajstić information content (AvgIpc) is 2.16. The van der Waals surface area contributed by atoms with Crippen LogP contribution in [0.2, 0.25) is 0 Å². The van der Waals surface area contributed by atoms with Crippen LogP contribution in [0.15, 0.2) is 12.3 Å². The van der Waals surface area contributed by atoms with Crippen LogP contribution in [0, 0.1) is 0 Å². The highest BCUT2D eigenvalue weighted by molar-refractivity contribution is 5.29. The first kappa shape index (κ1) is 9.85. The van der Waals surface area contributed by atoms with Crippen LogP contribution in [-0.2, 0) is 6.61 Å². The molecule has 0 amide bonds. The van der Waals surface area contributed by atoms with Crippen LogP contribution < -0.4 is 4.74 Å². The Bertz CT molecular complexity index is 291. The molecule has 0 aliphatic heterocycles. The lowest BCUT2D eigenvalue weighted by molar-refractivity contribution is 0.141. The standard InChI is InChI=1S/C8H9F2NO2/c1-13-6-2-5(4-12)7(8(9)10)11-3-6/h2-3,8,12H,4H2,1H3. The minimum Gasteiger partial charge on any atom is -0.495 e. The van der Waals surface area contributed by atoms with Crippen LogP contribution in [0.3, 0.4) is 0 Å². The number of ether oxygens (including phenoxy) is 1. The van der Waals surface area contributed by atoms with Gasteiger partial charge >= 0.3 is 0 Å². The van der Waals surface area contributed by atoms with Crippen LogP contribution in [-0.4, -0.2) is 17.2 Å². The van der Waals surface area contributed by atoms with Crippen LogP contribution in [0.1, 0.15) is 17.7 Å². The molecule has 0 fully saturated rings. The topological polar surface area (TPSA) is 42.4 Å². The predicted molar refractivity (Wildman–Crippen MR) is 41.7 cm³/mol. The molecule has 0 saturated carbocycles. The second-order valence-corrected chi connectivity index (χ2v) is 2.38. The van der Waals surface area contributed by atoms with E-state index in [1.807, 2.05) is 0 Å². The Hall–Kier alpha value is -1.23. The Kier molecular flexibility index (Phi) is 3.13. The lowest BCUT2D eigenvalue weighted by Crippen LogP contribution is -1.99. The third-order valence-corrected chi connectivity index (χ3v) is 1.59. The Balaban J connectivity index is 3.08. The molecule has 0 aliphatic rings. The van der Waals surface area contributed by atoms with Crippen molar-refractivity contribution < 1.29 is 18.6 Å². The second-order valence-electron chi connectivity index (χ2n) is 2.38. The Morgan fingerprint density at radius 1 is 1.62 bits per heavy atom. The van der Waals surface area contributed by atoms with Gasteiger partial charge in [0, 0.05) is 5.56 Å². The number of methoxy groups -OCH3 is 1. The van der Waals surface area contributed by atoms with Crippen molar-refractivity contribution in [2.24, 2.45) is 0 Å². The monoisotopic (exact) mass is 189 g/mol. The number of nitrogens with zero attached hydrogens (tertiary/aromatic N) is 1. The number of pyridine rings is 1. The van der Waals surface area contributed by atoms with E-state index in [4.69, 9.17) is 9.84 Å². The fraction of sp³-hybridized carbons (Fsp3) is 0.375. The summed E-state index contributed by atoms with van der Waals surface area (Å²) in [6, 6.07) is 1.34. The number of rotatable bonds is 3. The van der Waals surface area contributed by atoms with E-state index in [2.05, 4.69) is 4.98 Å². The van der Waals surface area contributed by atoms with Crippen molar-refractivity contribution in [3.8, 4) is 5.75 Å². The summed E-state index contributed by atoms with van der Waals surface area (Å²) in [4.78, 5) is 3.48. The number of aromatic nitrogens is 1. The van der Waals surface area contributed by atoms with Crippen molar-refractivity contribution in [3.63, 3.8) is 0 Å². The molecule has 0 unspecified atom stereocenters. The number of hydrogen-bond acceptors (Lipinski definition) is 3.